The SMILES string of the molecule is CCOC(=O)C1CCc2sc(Nc3ccn(C)n3)nc21. The van der Waals surface area contributed by atoms with Crippen LogP contribution in [0.2, 0.25) is 0 Å². The summed E-state index contributed by atoms with van der Waals surface area (Å²) >= 11 is 1.59. The van der Waals surface area contributed by atoms with Gasteiger partial charge in [0.15, 0.2) is 10.9 Å². The second-order valence-electron chi connectivity index (χ2n) is 4.67. The quantitative estimate of drug-likeness (QED) is 0.875. The van der Waals surface area contributed by atoms with E-state index in [1.807, 2.05) is 26.2 Å². The molecule has 0 saturated carbocycles. The smallest absolute Gasteiger partial charge is 0.315 e. The summed E-state index contributed by atoms with van der Waals surface area (Å²) in [4.78, 5) is 17.6. The van der Waals surface area contributed by atoms with Crippen molar-refractivity contribution in [1.29, 1.82) is 0 Å². The molecule has 2 aromatic rings. The van der Waals surface area contributed by atoms with Crippen molar-refractivity contribution in [3.05, 3.63) is 22.8 Å². The first kappa shape index (κ1) is 13.1. The van der Waals surface area contributed by atoms with Gasteiger partial charge in [-0.15, -0.1) is 11.3 Å². The van der Waals surface area contributed by atoms with E-state index >= 15 is 0 Å². The summed E-state index contributed by atoms with van der Waals surface area (Å²) in [7, 11) is 1.86. The van der Waals surface area contributed by atoms with Gasteiger partial charge in [-0.3, -0.25) is 9.48 Å². The molecule has 0 saturated heterocycles. The van der Waals surface area contributed by atoms with Crippen LogP contribution >= 0.6 is 11.3 Å². The van der Waals surface area contributed by atoms with Crippen LogP contribution in [0.1, 0.15) is 29.8 Å². The van der Waals surface area contributed by atoms with E-state index in [0.717, 1.165) is 29.5 Å². The zero-order chi connectivity index (χ0) is 14.1. The number of aromatic nitrogens is 3. The summed E-state index contributed by atoms with van der Waals surface area (Å²) in [6, 6.07) is 1.88. The molecule has 0 bridgehead atoms. The molecule has 106 valence electrons. The van der Waals surface area contributed by atoms with Gasteiger partial charge in [-0.2, -0.15) is 5.10 Å². The van der Waals surface area contributed by atoms with Crippen LogP contribution in [-0.2, 0) is 23.0 Å². The van der Waals surface area contributed by atoms with Crippen molar-refractivity contribution in [2.75, 3.05) is 11.9 Å². The molecule has 7 heteroatoms. The van der Waals surface area contributed by atoms with Crippen LogP contribution in [0.15, 0.2) is 12.3 Å². The molecule has 0 spiro atoms. The molecule has 2 heterocycles. The first-order chi connectivity index (χ1) is 9.67. The van der Waals surface area contributed by atoms with Crippen molar-refractivity contribution in [1.82, 2.24) is 14.8 Å². The van der Waals surface area contributed by atoms with Gasteiger partial charge in [-0.1, -0.05) is 0 Å². The molecule has 2 aromatic heterocycles. The number of rotatable bonds is 4. The summed E-state index contributed by atoms with van der Waals surface area (Å²) in [5, 5.41) is 8.20. The number of hydrogen-bond acceptors (Lipinski definition) is 6. The highest BCUT2D eigenvalue weighted by Gasteiger charge is 2.33. The van der Waals surface area contributed by atoms with E-state index in [9.17, 15) is 4.79 Å². The maximum Gasteiger partial charge on any atom is 0.315 e. The van der Waals surface area contributed by atoms with Gasteiger partial charge in [-0.05, 0) is 19.8 Å². The van der Waals surface area contributed by atoms with Crippen molar-refractivity contribution >= 4 is 28.3 Å². The molecule has 1 aliphatic carbocycles. The summed E-state index contributed by atoms with van der Waals surface area (Å²) in [6.45, 7) is 2.23. The van der Waals surface area contributed by atoms with Gasteiger partial charge in [0, 0.05) is 24.2 Å². The van der Waals surface area contributed by atoms with E-state index in [4.69, 9.17) is 4.74 Å². The summed E-state index contributed by atoms with van der Waals surface area (Å²) in [6.07, 6.45) is 3.56. The van der Waals surface area contributed by atoms with Crippen molar-refractivity contribution in [2.45, 2.75) is 25.7 Å². The van der Waals surface area contributed by atoms with Crippen LogP contribution in [0.5, 0.6) is 0 Å². The molecule has 0 aliphatic heterocycles. The van der Waals surface area contributed by atoms with Crippen LogP contribution < -0.4 is 5.32 Å². The Morgan fingerprint density at radius 2 is 2.50 bits per heavy atom. The number of hydrogen-bond donors (Lipinski definition) is 1. The van der Waals surface area contributed by atoms with E-state index in [0.29, 0.717) is 6.61 Å². The highest BCUT2D eigenvalue weighted by atomic mass is 32.1. The first-order valence-corrected chi connectivity index (χ1v) is 7.42. The molecule has 1 aliphatic rings. The van der Waals surface area contributed by atoms with Crippen molar-refractivity contribution < 1.29 is 9.53 Å². The number of fused-ring (bicyclic) bond motifs is 1. The van der Waals surface area contributed by atoms with E-state index in [-0.39, 0.29) is 11.9 Å². The minimum atomic E-state index is -0.208. The third kappa shape index (κ3) is 2.40. The van der Waals surface area contributed by atoms with Gasteiger partial charge >= 0.3 is 5.97 Å². The fraction of sp³-hybridized carbons (Fsp3) is 0.462. The molecule has 0 radical (unpaired) electrons. The van der Waals surface area contributed by atoms with Gasteiger partial charge < -0.3 is 10.1 Å². The van der Waals surface area contributed by atoms with Crippen molar-refractivity contribution in [3.63, 3.8) is 0 Å². The third-order valence-electron chi connectivity index (χ3n) is 3.24. The van der Waals surface area contributed by atoms with Gasteiger partial charge in [0.1, 0.15) is 5.92 Å². The molecule has 0 fully saturated rings. The lowest BCUT2D eigenvalue weighted by molar-refractivity contribution is -0.145. The second kappa shape index (κ2) is 5.24. The monoisotopic (exact) mass is 292 g/mol. The number of ether oxygens (including phenoxy) is 1. The average molecular weight is 292 g/mol. The molecule has 1 atom stereocenters. The topological polar surface area (TPSA) is 69.0 Å². The van der Waals surface area contributed by atoms with E-state index < -0.39 is 0 Å². The zero-order valence-corrected chi connectivity index (χ0v) is 12.2. The number of aryl methyl sites for hydroxylation is 2. The largest absolute Gasteiger partial charge is 0.465 e. The Morgan fingerprint density at radius 3 is 3.20 bits per heavy atom. The van der Waals surface area contributed by atoms with Crippen molar-refractivity contribution in [3.8, 4) is 0 Å². The molecule has 20 heavy (non-hydrogen) atoms. The van der Waals surface area contributed by atoms with Crippen LogP contribution in [0, 0.1) is 0 Å². The molecular weight excluding hydrogens is 276 g/mol. The molecule has 6 nitrogen and oxygen atoms in total. The predicted molar refractivity (Wildman–Crippen MR) is 76.3 cm³/mol. The van der Waals surface area contributed by atoms with Crippen LogP contribution in [0.25, 0.3) is 0 Å². The van der Waals surface area contributed by atoms with Crippen LogP contribution in [-0.4, -0.2) is 27.3 Å². The highest BCUT2D eigenvalue weighted by Crippen LogP contribution is 2.39. The lowest BCUT2D eigenvalue weighted by Crippen LogP contribution is -2.14. The Kier molecular flexibility index (Phi) is 3.43. The maximum absolute atomic E-state index is 11.9. The number of carbonyl (C=O) groups is 1. The standard InChI is InChI=1S/C13H16N4O2S/c1-3-19-12(18)8-4-5-9-11(8)15-13(20-9)14-10-6-7-17(2)16-10/h6-8H,3-5H2,1-2H3,(H,14,15,16). The number of anilines is 2. The molecule has 1 N–H and O–H groups in total. The van der Waals surface area contributed by atoms with E-state index in [1.54, 1.807) is 16.0 Å². The van der Waals surface area contributed by atoms with E-state index in [1.165, 1.54) is 4.88 Å². The third-order valence-corrected chi connectivity index (χ3v) is 4.28. The summed E-state index contributed by atoms with van der Waals surface area (Å²) in [5.74, 6) is 0.383. The lowest BCUT2D eigenvalue weighted by atomic mass is 10.1. The molecule has 3 rings (SSSR count). The molecule has 0 amide bonds. The molecular formula is C13H16N4O2S. The Morgan fingerprint density at radius 1 is 1.65 bits per heavy atom. The summed E-state index contributed by atoms with van der Waals surface area (Å²) < 4.78 is 6.83. The Bertz CT molecular complexity index is 634. The Hall–Kier alpha value is -1.89. The Balaban J connectivity index is 1.77. The number of thiazole rings is 1. The minimum absolute atomic E-state index is 0.166. The molecule has 1 unspecified atom stereocenters. The van der Waals surface area contributed by atoms with E-state index in [2.05, 4.69) is 15.4 Å². The van der Waals surface area contributed by atoms with Gasteiger partial charge in [0.2, 0.25) is 0 Å². The van der Waals surface area contributed by atoms with Gasteiger partial charge in [0.05, 0.1) is 12.3 Å². The lowest BCUT2D eigenvalue weighted by Gasteiger charge is -2.07. The average Bonchev–Trinajstić information content (AvgIpc) is 3.05. The van der Waals surface area contributed by atoms with Crippen molar-refractivity contribution in [2.24, 2.45) is 7.05 Å². The van der Waals surface area contributed by atoms with Crippen LogP contribution in [0.4, 0.5) is 10.9 Å². The zero-order valence-electron chi connectivity index (χ0n) is 11.4. The normalized spacial score (nSPS) is 17.0. The predicted octanol–water partition coefficient (Wildman–Crippen LogP) is 2.21. The number of esters is 1. The number of nitrogens with zero attached hydrogens (tertiary/aromatic N) is 3. The fourth-order valence-corrected chi connectivity index (χ4v) is 3.39. The van der Waals surface area contributed by atoms with Gasteiger partial charge in [-0.25, -0.2) is 4.98 Å². The fourth-order valence-electron chi connectivity index (χ4n) is 2.34. The Labute approximate surface area is 120 Å². The second-order valence-corrected chi connectivity index (χ2v) is 5.75. The molecule has 0 aromatic carbocycles. The number of carbonyl (C=O) groups excluding carboxylic acids is 1. The first-order valence-electron chi connectivity index (χ1n) is 6.60. The maximum atomic E-state index is 11.9. The van der Waals surface area contributed by atoms with Gasteiger partial charge in [0.25, 0.3) is 0 Å². The number of nitrogens with one attached hydrogen (secondary N) is 1. The minimum Gasteiger partial charge on any atom is -0.465 e. The summed E-state index contributed by atoms with van der Waals surface area (Å²) in [5.41, 5.74) is 0.867. The van der Waals surface area contributed by atoms with Crippen LogP contribution in [0.3, 0.4) is 0 Å². The highest BCUT2D eigenvalue weighted by molar-refractivity contribution is 7.15.